The molecule has 2 aliphatic heterocycles. The summed E-state index contributed by atoms with van der Waals surface area (Å²) in [5, 5.41) is 3.49. The first-order valence-electron chi connectivity index (χ1n) is 8.27. The Morgan fingerprint density at radius 3 is 2.95 bits per heavy atom. The van der Waals surface area contributed by atoms with Crippen LogP contribution < -0.4 is 10.1 Å². The maximum Gasteiger partial charge on any atom is 0.122 e. The summed E-state index contributed by atoms with van der Waals surface area (Å²) >= 11 is 0. The molecule has 1 N–H and O–H groups in total. The number of fused-ring (bicyclic) bond motifs is 1. The van der Waals surface area contributed by atoms with Gasteiger partial charge in [-0.15, -0.1) is 0 Å². The van der Waals surface area contributed by atoms with Gasteiger partial charge in [-0.05, 0) is 63.3 Å². The van der Waals surface area contributed by atoms with Gasteiger partial charge in [-0.2, -0.15) is 0 Å². The standard InChI is InChI=1S/C18H27NO2/c1-18(10-3-4-11-21-18)17(19-2)8-6-14-5-7-16-15(13-14)9-12-20-16/h5,7,13,17,19H,3-4,6,8-12H2,1-2H3. The van der Waals surface area contributed by atoms with E-state index in [0.29, 0.717) is 6.04 Å². The number of hydrogen-bond acceptors (Lipinski definition) is 3. The zero-order valence-corrected chi connectivity index (χ0v) is 13.3. The van der Waals surface area contributed by atoms with Gasteiger partial charge in [-0.1, -0.05) is 12.1 Å². The lowest BCUT2D eigenvalue weighted by molar-refractivity contribution is -0.0886. The van der Waals surface area contributed by atoms with Gasteiger partial charge in [0.25, 0.3) is 0 Å². The van der Waals surface area contributed by atoms with E-state index in [0.717, 1.165) is 44.6 Å². The fourth-order valence-electron chi connectivity index (χ4n) is 3.69. The molecule has 2 aliphatic rings. The van der Waals surface area contributed by atoms with Crippen molar-refractivity contribution in [3.05, 3.63) is 29.3 Å². The van der Waals surface area contributed by atoms with Gasteiger partial charge in [0.2, 0.25) is 0 Å². The zero-order chi connectivity index (χ0) is 14.7. The highest BCUT2D eigenvalue weighted by atomic mass is 16.5. The van der Waals surface area contributed by atoms with Gasteiger partial charge >= 0.3 is 0 Å². The highest BCUT2D eigenvalue weighted by molar-refractivity contribution is 5.39. The Bertz CT molecular complexity index is 480. The van der Waals surface area contributed by atoms with Crippen molar-refractivity contribution in [1.29, 1.82) is 0 Å². The SMILES string of the molecule is CNC(CCc1ccc2c(c1)CCO2)C1(C)CCCCO1. The number of nitrogens with one attached hydrogen (secondary N) is 1. The van der Waals surface area contributed by atoms with Crippen LogP contribution in [-0.4, -0.2) is 31.9 Å². The lowest BCUT2D eigenvalue weighted by Gasteiger charge is -2.40. The minimum Gasteiger partial charge on any atom is -0.493 e. The predicted octanol–water partition coefficient (Wildman–Crippen LogP) is 3.10. The molecule has 1 aromatic carbocycles. The van der Waals surface area contributed by atoms with Crippen LogP contribution in [0.5, 0.6) is 5.75 Å². The van der Waals surface area contributed by atoms with E-state index >= 15 is 0 Å². The summed E-state index contributed by atoms with van der Waals surface area (Å²) in [6, 6.07) is 7.08. The summed E-state index contributed by atoms with van der Waals surface area (Å²) in [6.45, 7) is 4.01. The minimum atomic E-state index is -0.00710. The smallest absolute Gasteiger partial charge is 0.122 e. The Hall–Kier alpha value is -1.06. The first-order valence-corrected chi connectivity index (χ1v) is 8.27. The second kappa shape index (κ2) is 6.37. The molecule has 1 fully saturated rings. The van der Waals surface area contributed by atoms with Crippen LogP contribution in [-0.2, 0) is 17.6 Å². The third kappa shape index (κ3) is 3.24. The van der Waals surface area contributed by atoms with E-state index in [1.165, 1.54) is 24.0 Å². The molecule has 3 rings (SSSR count). The van der Waals surface area contributed by atoms with Crippen molar-refractivity contribution in [3.63, 3.8) is 0 Å². The van der Waals surface area contributed by atoms with Crippen molar-refractivity contribution in [2.45, 2.75) is 57.1 Å². The van der Waals surface area contributed by atoms with Crippen molar-refractivity contribution >= 4 is 0 Å². The van der Waals surface area contributed by atoms with Crippen LogP contribution in [0.3, 0.4) is 0 Å². The lowest BCUT2D eigenvalue weighted by atomic mass is 9.85. The van der Waals surface area contributed by atoms with E-state index in [9.17, 15) is 0 Å². The molecule has 21 heavy (non-hydrogen) atoms. The molecule has 0 aliphatic carbocycles. The molecule has 3 heteroatoms. The van der Waals surface area contributed by atoms with Crippen molar-refractivity contribution < 1.29 is 9.47 Å². The Kier molecular flexibility index (Phi) is 4.51. The van der Waals surface area contributed by atoms with E-state index in [-0.39, 0.29) is 5.60 Å². The van der Waals surface area contributed by atoms with Crippen LogP contribution in [0.4, 0.5) is 0 Å². The normalized spacial score (nSPS) is 26.2. The van der Waals surface area contributed by atoms with Crippen molar-refractivity contribution in [3.8, 4) is 5.75 Å². The monoisotopic (exact) mass is 289 g/mol. The van der Waals surface area contributed by atoms with E-state index in [4.69, 9.17) is 9.47 Å². The largest absolute Gasteiger partial charge is 0.493 e. The average Bonchev–Trinajstić information content (AvgIpc) is 2.96. The minimum absolute atomic E-state index is 0.00710. The van der Waals surface area contributed by atoms with Gasteiger partial charge in [-0.25, -0.2) is 0 Å². The van der Waals surface area contributed by atoms with Crippen LogP contribution in [0.2, 0.25) is 0 Å². The summed E-state index contributed by atoms with van der Waals surface area (Å²) in [7, 11) is 2.06. The molecule has 0 spiro atoms. The Morgan fingerprint density at radius 1 is 1.29 bits per heavy atom. The third-order valence-corrected chi connectivity index (χ3v) is 5.06. The number of benzene rings is 1. The molecule has 0 bridgehead atoms. The quantitative estimate of drug-likeness (QED) is 0.903. The fourth-order valence-corrected chi connectivity index (χ4v) is 3.69. The van der Waals surface area contributed by atoms with E-state index in [1.807, 2.05) is 0 Å². The first kappa shape index (κ1) is 14.9. The second-order valence-electron chi connectivity index (χ2n) is 6.54. The molecule has 2 heterocycles. The molecule has 1 saturated heterocycles. The van der Waals surface area contributed by atoms with E-state index in [1.54, 1.807) is 0 Å². The summed E-state index contributed by atoms with van der Waals surface area (Å²) in [4.78, 5) is 0. The van der Waals surface area contributed by atoms with Gasteiger partial charge in [0.15, 0.2) is 0 Å². The molecule has 0 aromatic heterocycles. The zero-order valence-electron chi connectivity index (χ0n) is 13.3. The number of hydrogen-bond donors (Lipinski definition) is 1. The maximum absolute atomic E-state index is 6.10. The first-order chi connectivity index (χ1) is 10.2. The van der Waals surface area contributed by atoms with Crippen LogP contribution in [0.1, 0.15) is 43.7 Å². The number of ether oxygens (including phenoxy) is 2. The lowest BCUT2D eigenvalue weighted by Crippen LogP contribution is -2.51. The third-order valence-electron chi connectivity index (χ3n) is 5.06. The van der Waals surface area contributed by atoms with Crippen LogP contribution in [0, 0.1) is 0 Å². The predicted molar refractivity (Wildman–Crippen MR) is 85.0 cm³/mol. The van der Waals surface area contributed by atoms with Crippen molar-refractivity contribution in [1.82, 2.24) is 5.32 Å². The molecule has 2 unspecified atom stereocenters. The number of rotatable bonds is 5. The molecule has 0 saturated carbocycles. The van der Waals surface area contributed by atoms with Gasteiger partial charge < -0.3 is 14.8 Å². The molecular weight excluding hydrogens is 262 g/mol. The van der Waals surface area contributed by atoms with E-state index in [2.05, 4.69) is 37.5 Å². The molecule has 2 atom stereocenters. The Labute approximate surface area is 128 Å². The number of likely N-dealkylation sites (N-methyl/N-ethyl adjacent to an activating group) is 1. The molecule has 0 radical (unpaired) electrons. The van der Waals surface area contributed by atoms with Crippen LogP contribution in [0.15, 0.2) is 18.2 Å². The molecule has 3 nitrogen and oxygen atoms in total. The van der Waals surface area contributed by atoms with Gasteiger partial charge in [-0.3, -0.25) is 0 Å². The van der Waals surface area contributed by atoms with Crippen LogP contribution >= 0.6 is 0 Å². The molecule has 116 valence electrons. The average molecular weight is 289 g/mol. The van der Waals surface area contributed by atoms with Crippen molar-refractivity contribution in [2.24, 2.45) is 0 Å². The van der Waals surface area contributed by atoms with Crippen LogP contribution in [0.25, 0.3) is 0 Å². The summed E-state index contributed by atoms with van der Waals surface area (Å²) < 4.78 is 11.7. The van der Waals surface area contributed by atoms with Gasteiger partial charge in [0.1, 0.15) is 5.75 Å². The maximum atomic E-state index is 6.10. The Balaban J connectivity index is 1.62. The molecule has 1 aromatic rings. The summed E-state index contributed by atoms with van der Waals surface area (Å²) in [5.74, 6) is 1.08. The van der Waals surface area contributed by atoms with E-state index < -0.39 is 0 Å². The van der Waals surface area contributed by atoms with Gasteiger partial charge in [0, 0.05) is 19.1 Å². The molecule has 0 amide bonds. The summed E-state index contributed by atoms with van der Waals surface area (Å²) in [5.41, 5.74) is 2.78. The highest BCUT2D eigenvalue weighted by Gasteiger charge is 2.35. The van der Waals surface area contributed by atoms with Gasteiger partial charge in [0.05, 0.1) is 12.2 Å². The molecular formula is C18H27NO2. The highest BCUT2D eigenvalue weighted by Crippen LogP contribution is 2.31. The second-order valence-corrected chi connectivity index (χ2v) is 6.54. The number of aryl methyl sites for hydroxylation is 1. The Morgan fingerprint density at radius 2 is 2.19 bits per heavy atom. The van der Waals surface area contributed by atoms with Crippen molar-refractivity contribution in [2.75, 3.05) is 20.3 Å². The fraction of sp³-hybridized carbons (Fsp3) is 0.667. The summed E-state index contributed by atoms with van der Waals surface area (Å²) in [6.07, 6.45) is 6.92. The topological polar surface area (TPSA) is 30.5 Å².